The van der Waals surface area contributed by atoms with Crippen molar-refractivity contribution in [1.82, 2.24) is 14.1 Å². The van der Waals surface area contributed by atoms with Gasteiger partial charge in [-0.25, -0.2) is 4.98 Å². The Morgan fingerprint density at radius 2 is 1.48 bits per heavy atom. The Morgan fingerprint density at radius 1 is 0.721 bits per heavy atom. The van der Waals surface area contributed by atoms with Gasteiger partial charge in [0.1, 0.15) is 5.82 Å². The van der Waals surface area contributed by atoms with Crippen molar-refractivity contribution < 1.29 is 40.0 Å². The fourth-order valence-corrected chi connectivity index (χ4v) is 7.86. The summed E-state index contributed by atoms with van der Waals surface area (Å²) in [5.74, 6) is 1.44. The molecule has 0 aliphatic rings. The number of hydrogen-bond donors (Lipinski definition) is 0. The zero-order chi connectivity index (χ0) is 48.1. The maximum absolute atomic E-state index is 9.04. The van der Waals surface area contributed by atoms with Crippen molar-refractivity contribution in [2.75, 3.05) is 0 Å². The zero-order valence-electron chi connectivity index (χ0n) is 42.9. The quantitative estimate of drug-likeness (QED) is 0.118. The molecule has 0 unspecified atom stereocenters. The van der Waals surface area contributed by atoms with Gasteiger partial charge in [-0.1, -0.05) is 147 Å². The molecule has 0 N–H and O–H groups in total. The van der Waals surface area contributed by atoms with Gasteiger partial charge in [-0.3, -0.25) is 4.57 Å². The summed E-state index contributed by atoms with van der Waals surface area (Å²) in [5, 5.41) is 1.94. The molecule has 0 amide bonds. The minimum atomic E-state index is -1.62. The molecule has 3 heterocycles. The van der Waals surface area contributed by atoms with Crippen LogP contribution in [0.4, 0.5) is 0 Å². The van der Waals surface area contributed by atoms with Gasteiger partial charge in [-0.2, -0.15) is 18.2 Å². The Labute approximate surface area is 384 Å². The Kier molecular flexibility index (Phi) is 8.85. The topological polar surface area (TPSA) is 35.9 Å². The number of pyridine rings is 1. The number of rotatable bonds is 7. The number of benzene rings is 6. The fourth-order valence-electron chi connectivity index (χ4n) is 7.86. The van der Waals surface area contributed by atoms with E-state index >= 15 is 0 Å². The van der Waals surface area contributed by atoms with Crippen molar-refractivity contribution in [2.24, 2.45) is 5.41 Å². The van der Waals surface area contributed by atoms with Crippen LogP contribution in [0.2, 0.25) is 0 Å². The molecule has 0 saturated heterocycles. The maximum Gasteiger partial charge on any atom is 0.268 e. The summed E-state index contributed by atoms with van der Waals surface area (Å²) in [5.41, 5.74) is 6.35. The second-order valence-corrected chi connectivity index (χ2v) is 18.4. The molecule has 0 bridgehead atoms. The molecule has 6 heteroatoms. The van der Waals surface area contributed by atoms with Crippen molar-refractivity contribution in [3.05, 3.63) is 175 Å². The first-order chi connectivity index (χ1) is 31.5. The van der Waals surface area contributed by atoms with E-state index in [2.05, 4.69) is 84.3 Å². The van der Waals surface area contributed by atoms with Gasteiger partial charge in [0.25, 0.3) is 6.33 Å². The Balaban J connectivity index is 0.00000625. The molecule has 9 aromatic rings. The molecule has 0 spiro atoms. The average Bonchev–Trinajstić information content (AvgIpc) is 3.82. The van der Waals surface area contributed by atoms with Gasteiger partial charge in [0.2, 0.25) is 0 Å². The molecule has 5 nitrogen and oxygen atoms in total. The zero-order valence-corrected chi connectivity index (χ0v) is 38.2. The summed E-state index contributed by atoms with van der Waals surface area (Å²) < 4.78 is 74.0. The third-order valence-electron chi connectivity index (χ3n) is 10.6. The van der Waals surface area contributed by atoms with Gasteiger partial charge < -0.3 is 13.9 Å². The monoisotopic (exact) mass is 986 g/mol. The molecule has 6 aromatic carbocycles. The third kappa shape index (κ3) is 8.21. The summed E-state index contributed by atoms with van der Waals surface area (Å²) in [4.78, 5) is 4.74. The largest absolute Gasteiger partial charge is 0.510 e. The first-order valence-electron chi connectivity index (χ1n) is 23.8. The van der Waals surface area contributed by atoms with Crippen molar-refractivity contribution in [3.8, 4) is 39.8 Å². The Morgan fingerprint density at radius 3 is 2.23 bits per heavy atom. The van der Waals surface area contributed by atoms with Crippen LogP contribution in [0.15, 0.2) is 140 Å². The smallest absolute Gasteiger partial charge is 0.268 e. The molecule has 0 aliphatic carbocycles. The van der Waals surface area contributed by atoms with Gasteiger partial charge >= 0.3 is 0 Å². The van der Waals surface area contributed by atoms with Crippen molar-refractivity contribution in [3.63, 3.8) is 0 Å². The maximum atomic E-state index is 9.04. The van der Waals surface area contributed by atoms with Crippen molar-refractivity contribution in [1.29, 1.82) is 0 Å². The first kappa shape index (κ1) is 33.9. The van der Waals surface area contributed by atoms with Gasteiger partial charge in [-0.05, 0) is 85.8 Å². The van der Waals surface area contributed by atoms with Crippen LogP contribution < -0.4 is 9.30 Å². The molecule has 0 saturated carbocycles. The van der Waals surface area contributed by atoms with Gasteiger partial charge in [0.05, 0.1) is 23.6 Å². The number of nitrogens with zero attached hydrogens (tertiary/aromatic N) is 4. The minimum absolute atomic E-state index is 0. The van der Waals surface area contributed by atoms with Crippen LogP contribution in [0.25, 0.3) is 61.2 Å². The van der Waals surface area contributed by atoms with Gasteiger partial charge in [0.15, 0.2) is 0 Å². The summed E-state index contributed by atoms with van der Waals surface area (Å²) in [6.07, 6.45) is 3.66. The minimum Gasteiger partial charge on any atom is -0.510 e. The molecule has 0 atom stereocenters. The molecule has 61 heavy (non-hydrogen) atoms. The van der Waals surface area contributed by atoms with Crippen LogP contribution in [0.3, 0.4) is 0 Å². The molecule has 3 aromatic heterocycles. The second kappa shape index (κ2) is 15.9. The molecule has 0 aliphatic heterocycles. The van der Waals surface area contributed by atoms with E-state index in [0.29, 0.717) is 39.8 Å². The predicted molar refractivity (Wildman–Crippen MR) is 246 cm³/mol. The van der Waals surface area contributed by atoms with E-state index in [4.69, 9.17) is 19.3 Å². The van der Waals surface area contributed by atoms with E-state index in [1.807, 2.05) is 107 Å². The fraction of sp³-hybridized carbons (Fsp3) is 0.236. The van der Waals surface area contributed by atoms with E-state index in [9.17, 15) is 0 Å². The SMILES string of the molecule is [2H]c1c([2H])c([2H])c(-c2cccc(C(C)(C)C)c2-[n+]2[c-]n(-c3[c-]c(Oc4[c-]c5c(cc4)c4ccccc4n5-c4cc(C([2H])([2H])C(C)(C)C)ccn4)ccc3)c3ccc(C(C)(C)C)cc32)c([2H])c1[2H].[Pt]. The van der Waals surface area contributed by atoms with Crippen LogP contribution in [-0.4, -0.2) is 14.1 Å². The van der Waals surface area contributed by atoms with E-state index in [0.717, 1.165) is 44.0 Å². The van der Waals surface area contributed by atoms with Crippen molar-refractivity contribution in [2.45, 2.75) is 79.5 Å². The summed E-state index contributed by atoms with van der Waals surface area (Å²) >= 11 is 0. The first-order valence-corrected chi connectivity index (χ1v) is 20.3. The van der Waals surface area contributed by atoms with Gasteiger partial charge in [-0.15, -0.1) is 29.7 Å². The molecule has 0 fully saturated rings. The summed E-state index contributed by atoms with van der Waals surface area (Å²) in [6.45, 7) is 18.4. The van der Waals surface area contributed by atoms with E-state index in [1.165, 1.54) is 0 Å². The van der Waals surface area contributed by atoms with Crippen LogP contribution in [0.5, 0.6) is 11.5 Å². The number of ether oxygens (including phenoxy) is 1. The van der Waals surface area contributed by atoms with Crippen LogP contribution in [0, 0.1) is 23.9 Å². The number of aromatic nitrogens is 4. The third-order valence-corrected chi connectivity index (χ3v) is 10.6. The van der Waals surface area contributed by atoms with E-state index in [-0.39, 0.29) is 44.1 Å². The van der Waals surface area contributed by atoms with Crippen LogP contribution in [-0.2, 0) is 38.3 Å². The van der Waals surface area contributed by atoms with Crippen LogP contribution >= 0.6 is 0 Å². The molecular weight excluding hydrogens is 928 g/mol. The number of fused-ring (bicyclic) bond motifs is 4. The van der Waals surface area contributed by atoms with Crippen LogP contribution in [0.1, 0.15) is 88.6 Å². The summed E-state index contributed by atoms with van der Waals surface area (Å²) in [7, 11) is 0. The van der Waals surface area contributed by atoms with Crippen molar-refractivity contribution >= 4 is 32.8 Å². The van der Waals surface area contributed by atoms with E-state index in [1.54, 1.807) is 12.3 Å². The van der Waals surface area contributed by atoms with Gasteiger partial charge in [0, 0.05) is 47.0 Å². The number of para-hydroxylation sites is 2. The Bertz CT molecular complexity index is 3420. The molecular formula is C55H52N4OPt-2. The Hall–Kier alpha value is -5.77. The number of hydrogen-bond acceptors (Lipinski definition) is 2. The second-order valence-electron chi connectivity index (χ2n) is 18.4. The average molecular weight is 987 g/mol. The normalized spacial score (nSPS) is 14.1. The predicted octanol–water partition coefficient (Wildman–Crippen LogP) is 13.4. The number of imidazole rings is 1. The standard InChI is InChI=1S/C55H52N4O.Pt/c1-53(2,3)35-37-29-30-56-51(31-37)59-47-24-14-13-21-44(47)45-27-26-42(34-49(45)59)60-41-20-15-19-40(33-41)57-36-58(50-32-39(54(4,5)6)25-28-48(50)57)52-43(38-17-11-10-12-18-38)22-16-23-46(52)55(7,8)9;/h10-32H,35H2,1-9H3;/q-2;/i10D,11D,12D,17D,18D,35D2;. The van der Waals surface area contributed by atoms with E-state index < -0.39 is 35.3 Å². The summed E-state index contributed by atoms with van der Waals surface area (Å²) in [6, 6.07) is 38.4. The molecule has 9 rings (SSSR count). The molecule has 310 valence electrons. The molecule has 0 radical (unpaired) electrons.